The number of hydrogen-bond acceptors (Lipinski definition) is 4. The van der Waals surface area contributed by atoms with Crippen molar-refractivity contribution in [3.63, 3.8) is 0 Å². The van der Waals surface area contributed by atoms with Gasteiger partial charge in [-0.25, -0.2) is 4.39 Å². The van der Waals surface area contributed by atoms with Gasteiger partial charge in [0.05, 0.1) is 18.2 Å². The molecule has 5 nitrogen and oxygen atoms in total. The summed E-state index contributed by atoms with van der Waals surface area (Å²) in [6.45, 7) is 0.164. The highest BCUT2D eigenvalue weighted by atomic mass is 32.1. The maximum absolute atomic E-state index is 13.8. The van der Waals surface area contributed by atoms with Crippen molar-refractivity contribution in [2.24, 2.45) is 0 Å². The van der Waals surface area contributed by atoms with E-state index in [0.717, 1.165) is 0 Å². The number of nitrogens with one attached hydrogen (secondary N) is 1. The molecule has 0 bridgehead atoms. The topological polar surface area (TPSA) is 58.6 Å². The number of carbonyl (C=O) groups excluding carboxylic acids is 2. The lowest BCUT2D eigenvalue weighted by atomic mass is 10.2. The standard InChI is InChI=1S/C18H19FN2O3S/c19-14-8-15(21(10-14)18(23)13-6-7-25-12-13)9-20-17(22)11-24-16-4-2-1-3-5-16/h1-7,12,14-15H,8-11H2,(H,20,22)/t14-,15-/m0/s1. The minimum absolute atomic E-state index is 0.0652. The third-order valence-corrected chi connectivity index (χ3v) is 4.72. The molecule has 1 N–H and O–H groups in total. The van der Waals surface area contributed by atoms with E-state index in [9.17, 15) is 14.0 Å². The van der Waals surface area contributed by atoms with Gasteiger partial charge in [-0.3, -0.25) is 9.59 Å². The number of thiophene rings is 1. The number of para-hydroxylation sites is 1. The Morgan fingerprint density at radius 3 is 2.80 bits per heavy atom. The van der Waals surface area contributed by atoms with E-state index in [0.29, 0.717) is 11.3 Å². The van der Waals surface area contributed by atoms with E-state index in [1.165, 1.54) is 16.2 Å². The van der Waals surface area contributed by atoms with Crippen molar-refractivity contribution < 1.29 is 18.7 Å². The molecule has 2 atom stereocenters. The van der Waals surface area contributed by atoms with Crippen LogP contribution in [0.2, 0.25) is 0 Å². The van der Waals surface area contributed by atoms with Gasteiger partial charge in [0.1, 0.15) is 11.9 Å². The van der Waals surface area contributed by atoms with Gasteiger partial charge in [0.15, 0.2) is 6.61 Å². The molecule has 1 fully saturated rings. The highest BCUT2D eigenvalue weighted by Gasteiger charge is 2.35. The van der Waals surface area contributed by atoms with Crippen LogP contribution in [0.3, 0.4) is 0 Å². The van der Waals surface area contributed by atoms with Crippen molar-refractivity contribution in [1.82, 2.24) is 10.2 Å². The summed E-state index contributed by atoms with van der Waals surface area (Å²) in [7, 11) is 0. The van der Waals surface area contributed by atoms with Crippen molar-refractivity contribution in [2.45, 2.75) is 18.6 Å². The van der Waals surface area contributed by atoms with Crippen LogP contribution < -0.4 is 10.1 Å². The fourth-order valence-electron chi connectivity index (χ4n) is 2.80. The number of alkyl halides is 1. The van der Waals surface area contributed by atoms with E-state index >= 15 is 0 Å². The molecule has 3 rings (SSSR count). The summed E-state index contributed by atoms with van der Waals surface area (Å²) in [5.41, 5.74) is 0.558. The monoisotopic (exact) mass is 362 g/mol. The lowest BCUT2D eigenvalue weighted by Gasteiger charge is -2.24. The minimum Gasteiger partial charge on any atom is -0.484 e. The van der Waals surface area contributed by atoms with E-state index < -0.39 is 6.17 Å². The lowest BCUT2D eigenvalue weighted by molar-refractivity contribution is -0.123. The van der Waals surface area contributed by atoms with Gasteiger partial charge in [-0.1, -0.05) is 18.2 Å². The van der Waals surface area contributed by atoms with Crippen LogP contribution in [-0.2, 0) is 4.79 Å². The molecule has 0 aliphatic carbocycles. The van der Waals surface area contributed by atoms with Crippen LogP contribution in [-0.4, -0.2) is 48.6 Å². The normalized spacial score (nSPS) is 19.6. The summed E-state index contributed by atoms with van der Waals surface area (Å²) in [5, 5.41) is 6.28. The summed E-state index contributed by atoms with van der Waals surface area (Å²) < 4.78 is 19.2. The molecule has 25 heavy (non-hydrogen) atoms. The molecule has 0 unspecified atom stereocenters. The quantitative estimate of drug-likeness (QED) is 0.859. The van der Waals surface area contributed by atoms with E-state index in [2.05, 4.69) is 5.32 Å². The Balaban J connectivity index is 1.50. The third kappa shape index (κ3) is 4.57. The zero-order chi connectivity index (χ0) is 17.6. The van der Waals surface area contributed by atoms with Gasteiger partial charge in [-0.05, 0) is 23.6 Å². The number of ether oxygens (including phenoxy) is 1. The Morgan fingerprint density at radius 2 is 2.08 bits per heavy atom. The maximum Gasteiger partial charge on any atom is 0.258 e. The predicted octanol–water partition coefficient (Wildman–Crippen LogP) is 2.50. The first-order valence-electron chi connectivity index (χ1n) is 8.05. The summed E-state index contributed by atoms with van der Waals surface area (Å²) >= 11 is 1.42. The average Bonchev–Trinajstić information content (AvgIpc) is 3.28. The smallest absolute Gasteiger partial charge is 0.258 e. The Hall–Kier alpha value is -2.41. The van der Waals surface area contributed by atoms with Gasteiger partial charge >= 0.3 is 0 Å². The van der Waals surface area contributed by atoms with Crippen LogP contribution >= 0.6 is 11.3 Å². The average molecular weight is 362 g/mol. The highest BCUT2D eigenvalue weighted by molar-refractivity contribution is 7.08. The van der Waals surface area contributed by atoms with Crippen molar-refractivity contribution in [1.29, 1.82) is 0 Å². The molecule has 2 aromatic rings. The van der Waals surface area contributed by atoms with Crippen molar-refractivity contribution in [3.8, 4) is 5.75 Å². The summed E-state index contributed by atoms with van der Waals surface area (Å²) in [5.74, 6) is 0.117. The number of hydrogen-bond donors (Lipinski definition) is 1. The van der Waals surface area contributed by atoms with Crippen LogP contribution in [0.4, 0.5) is 4.39 Å². The summed E-state index contributed by atoms with van der Waals surface area (Å²) in [4.78, 5) is 25.9. The predicted molar refractivity (Wildman–Crippen MR) is 93.6 cm³/mol. The van der Waals surface area contributed by atoms with Crippen molar-refractivity contribution >= 4 is 23.2 Å². The van der Waals surface area contributed by atoms with Crippen molar-refractivity contribution in [2.75, 3.05) is 19.7 Å². The second-order valence-electron chi connectivity index (χ2n) is 5.86. The molecule has 0 saturated carbocycles. The Labute approximate surface area is 149 Å². The molecule has 1 saturated heterocycles. The lowest BCUT2D eigenvalue weighted by Crippen LogP contribution is -2.44. The minimum atomic E-state index is -1.06. The molecule has 1 aliphatic heterocycles. The van der Waals surface area contributed by atoms with Crippen LogP contribution in [0.25, 0.3) is 0 Å². The number of carbonyl (C=O) groups is 2. The Kier molecular flexibility index (Phi) is 5.65. The first-order valence-corrected chi connectivity index (χ1v) is 8.99. The molecule has 1 aliphatic rings. The van der Waals surface area contributed by atoms with Gasteiger partial charge in [-0.2, -0.15) is 11.3 Å². The zero-order valence-corrected chi connectivity index (χ0v) is 14.4. The number of likely N-dealkylation sites (tertiary alicyclic amines) is 1. The second kappa shape index (κ2) is 8.11. The molecular formula is C18H19FN2O3S. The van der Waals surface area contributed by atoms with Crippen LogP contribution in [0.1, 0.15) is 16.8 Å². The first kappa shape index (κ1) is 17.4. The number of benzene rings is 1. The van der Waals surface area contributed by atoms with Crippen LogP contribution in [0.15, 0.2) is 47.2 Å². The zero-order valence-electron chi connectivity index (χ0n) is 13.6. The number of amides is 2. The molecule has 0 spiro atoms. The van der Waals surface area contributed by atoms with Gasteiger partial charge in [0.2, 0.25) is 0 Å². The molecule has 2 heterocycles. The van der Waals surface area contributed by atoms with E-state index in [1.54, 1.807) is 23.6 Å². The van der Waals surface area contributed by atoms with Gasteiger partial charge in [-0.15, -0.1) is 0 Å². The molecule has 132 valence electrons. The number of rotatable bonds is 6. The Bertz CT molecular complexity index is 708. The Morgan fingerprint density at radius 1 is 1.28 bits per heavy atom. The molecule has 0 radical (unpaired) electrons. The molecule has 1 aromatic heterocycles. The molecule has 1 aromatic carbocycles. The molecule has 7 heteroatoms. The van der Waals surface area contributed by atoms with Gasteiger partial charge in [0.25, 0.3) is 11.8 Å². The van der Waals surface area contributed by atoms with Crippen LogP contribution in [0, 0.1) is 0 Å². The second-order valence-corrected chi connectivity index (χ2v) is 6.64. The fourth-order valence-corrected chi connectivity index (χ4v) is 3.43. The van der Waals surface area contributed by atoms with Crippen LogP contribution in [0.5, 0.6) is 5.75 Å². The van der Waals surface area contributed by atoms with E-state index in [4.69, 9.17) is 4.74 Å². The maximum atomic E-state index is 13.8. The van der Waals surface area contributed by atoms with E-state index in [-0.39, 0.29) is 44.0 Å². The third-order valence-electron chi connectivity index (χ3n) is 4.04. The largest absolute Gasteiger partial charge is 0.484 e. The summed E-state index contributed by atoms with van der Waals surface area (Å²) in [6.07, 6.45) is -0.833. The number of nitrogens with zero attached hydrogens (tertiary/aromatic N) is 1. The fraction of sp³-hybridized carbons (Fsp3) is 0.333. The SMILES string of the molecule is O=C(COc1ccccc1)NC[C@@H]1C[C@H](F)CN1C(=O)c1ccsc1. The van der Waals surface area contributed by atoms with Gasteiger partial charge < -0.3 is 15.0 Å². The van der Waals surface area contributed by atoms with Gasteiger partial charge in [0, 0.05) is 18.3 Å². The molecule has 2 amide bonds. The van der Waals surface area contributed by atoms with E-state index in [1.807, 2.05) is 23.6 Å². The number of halogens is 1. The summed E-state index contributed by atoms with van der Waals surface area (Å²) in [6, 6.07) is 10.4. The first-order chi connectivity index (χ1) is 12.1. The van der Waals surface area contributed by atoms with Crippen molar-refractivity contribution in [3.05, 3.63) is 52.7 Å². The molecular weight excluding hydrogens is 343 g/mol. The highest BCUT2D eigenvalue weighted by Crippen LogP contribution is 2.23.